The van der Waals surface area contributed by atoms with E-state index in [-0.39, 0.29) is 118 Å². The second-order valence-corrected chi connectivity index (χ2v) is 37.5. The molecular weight excluding hydrogens is 1800 g/mol. The van der Waals surface area contributed by atoms with E-state index < -0.39 is 253 Å². The van der Waals surface area contributed by atoms with Gasteiger partial charge in [-0.25, -0.2) is 0 Å². The summed E-state index contributed by atoms with van der Waals surface area (Å²) in [4.78, 5) is 277. The summed E-state index contributed by atoms with van der Waals surface area (Å²) < 4.78 is 0. The number of rotatable bonds is 23. The predicted octanol–water partition coefficient (Wildman–Crippen LogP) is -5.14. The molecule has 0 spiro atoms. The molecule has 1 aromatic heterocycles. The van der Waals surface area contributed by atoms with Gasteiger partial charge in [0.05, 0.1) is 38.1 Å². The molecule has 3 aromatic rings. The van der Waals surface area contributed by atoms with Crippen LogP contribution in [-0.2, 0) is 115 Å². The summed E-state index contributed by atoms with van der Waals surface area (Å²) in [7, 11) is 0. The highest BCUT2D eigenvalue weighted by molar-refractivity contribution is 7.99. The van der Waals surface area contributed by atoms with Gasteiger partial charge < -0.3 is 128 Å². The molecule has 0 unspecified atom stereocenters. The van der Waals surface area contributed by atoms with E-state index in [1.54, 1.807) is 75.7 Å². The summed E-state index contributed by atoms with van der Waals surface area (Å²) in [6, 6.07) is -10.9. The van der Waals surface area contributed by atoms with E-state index in [1.807, 2.05) is 0 Å². The lowest BCUT2D eigenvalue weighted by Gasteiger charge is -2.30. The minimum atomic E-state index is -1.93. The number of fused-ring (bicyclic) bond motifs is 8. The van der Waals surface area contributed by atoms with Gasteiger partial charge in [-0.2, -0.15) is 47.0 Å². The van der Waals surface area contributed by atoms with Crippen LogP contribution in [0.2, 0.25) is 0 Å². The number of hydrogen-bond acceptors (Lipinski definition) is 26. The number of carbonyl (C=O) groups excluding carboxylic acids is 18. The Kier molecular flexibility index (Phi) is 42.9. The number of H-pyrrole nitrogens is 1. The number of primary amides is 2. The molecule has 7 rings (SSSR count). The molecule has 18 amide bonds. The molecule has 48 heteroatoms. The second-order valence-electron chi connectivity index (χ2n) is 33.4. The van der Waals surface area contributed by atoms with E-state index in [9.17, 15) is 86.9 Å². The number of para-hydroxylation sites is 1. The Morgan fingerprint density at radius 1 is 0.591 bits per heavy atom. The van der Waals surface area contributed by atoms with Gasteiger partial charge in [0, 0.05) is 77.7 Å². The summed E-state index contributed by atoms with van der Waals surface area (Å²) in [6.45, 7) is 8.89. The van der Waals surface area contributed by atoms with Crippen LogP contribution in [0.1, 0.15) is 141 Å². The number of hydrogen-bond donors (Lipinski definition) is 23. The minimum absolute atomic E-state index is 0.0111. The molecular formula is C84H125N23O21S4. The summed E-state index contributed by atoms with van der Waals surface area (Å²) in [5, 5.41) is 68.8. The van der Waals surface area contributed by atoms with Crippen molar-refractivity contribution < 1.29 is 101 Å². The number of nitrogens with two attached hydrogens (primary N) is 4. The maximum atomic E-state index is 15.5. The van der Waals surface area contributed by atoms with Gasteiger partial charge in [-0.05, 0) is 124 Å². The first-order chi connectivity index (χ1) is 62.6. The lowest BCUT2D eigenvalue weighted by Crippen LogP contribution is -2.62. The second kappa shape index (κ2) is 52.7. The molecule has 726 valence electrons. The molecule has 27 N–H and O–H groups in total. The molecule has 0 radical (unpaired) electrons. The van der Waals surface area contributed by atoms with Gasteiger partial charge in [0.25, 0.3) is 0 Å². The van der Waals surface area contributed by atoms with Crippen molar-refractivity contribution in [3.63, 3.8) is 0 Å². The van der Waals surface area contributed by atoms with Crippen molar-refractivity contribution >= 4 is 176 Å². The Bertz CT molecular complexity index is 4680. The maximum Gasteiger partial charge on any atom is 0.305 e. The standard InChI is InChI=1S/C84H125N23O21S4/c1-9-42(4)67-81(126)100-57(31-66(112)113)70(115)93-34-65(111)106-22-13-18-61(106)79(124)103-58(71(116)92-33-64(87)110)38-130-35-46-26-47-28-48(27-46)37-132-40-60(78(123)97-54(25-41(2)3)74(119)98-56(30-63(86)109)76(121)104-67)102-72(117)53(20-24-129-8)96-82(127)68(45(7)108)105-73(118)52(17-12-21-90-84(88)89)95-75(120)55(29-49-32-91-51-16-11-10-15-50(49)51)99-80(125)62-19-14-23-107(62)83(128)44(6)94-77(122)59(39-131-36-47)101-69(114)43(5)85/h10-11,15-16,26-28,32,41-45,52-62,67-68,91,108H,9,12-14,17-25,29-31,33-40,85H2,1-8H3,(H2,86,109)(H2,87,110)(H,92,116)(H,93,115)(H,94,122)(H,95,120)(H,96,127)(H,97,123)(H,98,119)(H,99,125)(H,100,126)(H,101,114)(H,102,117)(H,103,124)(H,104,121)(H,105,118)(H,112,113)(H4,88,89,90)/t42-,43-,44-,45+,52-,53-,54-,55-,56-,57-,58-,59-,60-,61-,62-,67-,68-/m0/s1. The molecule has 5 heterocycles. The molecule has 4 bridgehead atoms. The van der Waals surface area contributed by atoms with Crippen molar-refractivity contribution in [2.75, 3.05) is 62.0 Å². The number of guanidine groups is 1. The number of aromatic nitrogens is 1. The van der Waals surface area contributed by atoms with Crippen LogP contribution in [0.3, 0.4) is 0 Å². The van der Waals surface area contributed by atoms with Crippen molar-refractivity contribution in [2.24, 2.45) is 34.8 Å². The molecule has 2 fully saturated rings. The van der Waals surface area contributed by atoms with E-state index in [1.165, 1.54) is 37.4 Å². The monoisotopic (exact) mass is 1920 g/mol. The van der Waals surface area contributed by atoms with Crippen LogP contribution in [0, 0.1) is 17.2 Å². The van der Waals surface area contributed by atoms with Gasteiger partial charge in [0.15, 0.2) is 5.96 Å². The highest BCUT2D eigenvalue weighted by Gasteiger charge is 2.44. The summed E-state index contributed by atoms with van der Waals surface area (Å²) in [5.41, 5.74) is 25.7. The fourth-order valence-corrected chi connectivity index (χ4v) is 18.5. The average Bonchev–Trinajstić information content (AvgIpc) is 1.67. The first kappa shape index (κ1) is 108. The number of benzene rings is 2. The number of carbonyl (C=O) groups is 19. The first-order valence-corrected chi connectivity index (χ1v) is 48.4. The third-order valence-electron chi connectivity index (χ3n) is 22.2. The zero-order chi connectivity index (χ0) is 97.3. The third-order valence-corrected chi connectivity index (χ3v) is 26.2. The highest BCUT2D eigenvalue weighted by Crippen LogP contribution is 2.28. The molecule has 2 saturated heterocycles. The van der Waals surface area contributed by atoms with Gasteiger partial charge in [-0.1, -0.05) is 70.5 Å². The summed E-state index contributed by atoms with van der Waals surface area (Å²) >= 11 is 4.58. The smallest absolute Gasteiger partial charge is 0.305 e. The zero-order valence-corrected chi connectivity index (χ0v) is 78.2. The molecule has 132 heavy (non-hydrogen) atoms. The lowest BCUT2D eigenvalue weighted by molar-refractivity contribution is -0.142. The normalized spacial score (nSPS) is 25.7. The van der Waals surface area contributed by atoms with E-state index in [4.69, 9.17) is 28.3 Å². The number of amides is 18. The fraction of sp³-hybridized carbons (Fsp3) is 0.595. The molecule has 2 aromatic carbocycles. The number of aliphatic hydroxyl groups is 1. The number of thioether (sulfide) groups is 4. The number of nitrogens with zero attached hydrogens (tertiary/aromatic N) is 2. The van der Waals surface area contributed by atoms with Crippen molar-refractivity contribution in [1.29, 1.82) is 5.41 Å². The quantitative estimate of drug-likeness (QED) is 0.0240. The van der Waals surface area contributed by atoms with Crippen molar-refractivity contribution in [3.8, 4) is 0 Å². The SMILES string of the molecule is CC[C@H](C)[C@@H]1NC(=O)[C@H](CC(N)=O)NC(=O)[C@H](CC(C)C)NC(=O)[C@@H]2CSCc3cc(cc(c3)CSC[C@@H](C(=O)NCC(N)=O)NC(=O)[C@@H]3CCCN3C(=O)CNC(=O)[C@H](CC(=O)O)NC1=O)CSC[C@H](NC(=O)[C@H](C)N)C(=O)N[C@@H](C)C(=O)N1CCC[C@H]1C(=O)N[C@@H](Cc1c[nH]c3ccccc13)C(=O)N[C@@H](CCCNC(=N)N)C(=O)N[C@@H]([C@@H](C)O)C(=O)N[C@@H](CCSC)C(=O)N2. The predicted molar refractivity (Wildman–Crippen MR) is 493 cm³/mol. The van der Waals surface area contributed by atoms with Gasteiger partial charge in [-0.3, -0.25) is 96.5 Å². The topological polar surface area (TPSA) is 695 Å². The number of nitrogens with one attached hydrogen (secondary N) is 17. The number of aliphatic carboxylic acids is 1. The molecule has 0 aliphatic carbocycles. The lowest BCUT2D eigenvalue weighted by atomic mass is 9.96. The van der Waals surface area contributed by atoms with Crippen molar-refractivity contribution in [2.45, 2.75) is 240 Å². The van der Waals surface area contributed by atoms with Crippen LogP contribution in [0.5, 0.6) is 0 Å². The van der Waals surface area contributed by atoms with E-state index in [0.717, 1.165) is 47.1 Å². The molecule has 17 atom stereocenters. The van der Waals surface area contributed by atoms with Crippen LogP contribution in [0.25, 0.3) is 10.9 Å². The molecule has 0 saturated carbocycles. The molecule has 4 aliphatic heterocycles. The summed E-state index contributed by atoms with van der Waals surface area (Å²) in [5.74, 6) is -21.3. The summed E-state index contributed by atoms with van der Waals surface area (Å²) in [6.07, 6.45) is -0.421. The van der Waals surface area contributed by atoms with E-state index in [0.29, 0.717) is 39.6 Å². The first-order valence-electron chi connectivity index (χ1n) is 43.5. The third kappa shape index (κ3) is 33.3. The van der Waals surface area contributed by atoms with Crippen molar-refractivity contribution in [3.05, 3.63) is 70.9 Å². The van der Waals surface area contributed by atoms with E-state index in [2.05, 4.69) is 84.7 Å². The maximum absolute atomic E-state index is 15.5. The van der Waals surface area contributed by atoms with Crippen LogP contribution < -0.4 is 103 Å². The average molecular weight is 1920 g/mol. The Balaban J connectivity index is 1.38. The van der Waals surface area contributed by atoms with Crippen molar-refractivity contribution in [1.82, 2.24) is 94.5 Å². The minimum Gasteiger partial charge on any atom is -0.481 e. The largest absolute Gasteiger partial charge is 0.481 e. The number of aliphatic hydroxyl groups excluding tert-OH is 1. The Morgan fingerprint density at radius 3 is 1.74 bits per heavy atom. The van der Waals surface area contributed by atoms with Gasteiger partial charge in [-0.15, -0.1) is 0 Å². The highest BCUT2D eigenvalue weighted by atomic mass is 32.2. The molecule has 44 nitrogen and oxygen atoms in total. The number of carboxylic acids is 1. The van der Waals surface area contributed by atoms with Gasteiger partial charge in [0.2, 0.25) is 106 Å². The van der Waals surface area contributed by atoms with Crippen LogP contribution in [-0.4, -0.2) is 302 Å². The van der Waals surface area contributed by atoms with Gasteiger partial charge >= 0.3 is 5.97 Å². The van der Waals surface area contributed by atoms with Crippen LogP contribution in [0.4, 0.5) is 0 Å². The molecule has 4 aliphatic rings. The van der Waals surface area contributed by atoms with Crippen LogP contribution in [0.15, 0.2) is 48.7 Å². The Morgan fingerprint density at radius 2 is 1.13 bits per heavy atom. The number of aromatic amines is 1. The fourth-order valence-electron chi connectivity index (χ4n) is 15.1. The van der Waals surface area contributed by atoms with E-state index >= 15 is 14.4 Å². The Hall–Kier alpha value is -11.5. The zero-order valence-electron chi connectivity index (χ0n) is 75.0. The Labute approximate surface area is 780 Å². The van der Waals surface area contributed by atoms with Gasteiger partial charge in [0.1, 0.15) is 84.6 Å². The number of carboxylic acid groups (broad SMARTS) is 1. The van der Waals surface area contributed by atoms with Crippen LogP contribution >= 0.6 is 47.0 Å².